The third-order valence-corrected chi connectivity index (χ3v) is 8.52. The van der Waals surface area contributed by atoms with Crippen LogP contribution in [0, 0.1) is 0 Å². The molecule has 0 amide bonds. The smallest absolute Gasteiger partial charge is 0.230 e. The first-order chi connectivity index (χ1) is 16.8. The molecule has 34 heavy (non-hydrogen) atoms. The summed E-state index contributed by atoms with van der Waals surface area (Å²) in [5.74, 6) is 0.199. The number of aromatic nitrogens is 3. The number of aromatic hydroxyl groups is 1. The molecule has 0 spiro atoms. The Kier molecular flexibility index (Phi) is 5.88. The van der Waals surface area contributed by atoms with Gasteiger partial charge in [-0.15, -0.1) is 11.3 Å². The normalized spacial score (nSPS) is 16.4. The maximum Gasteiger partial charge on any atom is 0.230 e. The average molecular weight is 488 g/mol. The van der Waals surface area contributed by atoms with E-state index < -0.39 is 0 Å². The van der Waals surface area contributed by atoms with E-state index in [0.29, 0.717) is 0 Å². The van der Waals surface area contributed by atoms with Crippen molar-refractivity contribution < 1.29 is 5.11 Å². The van der Waals surface area contributed by atoms with Gasteiger partial charge >= 0.3 is 0 Å². The standard InChI is InChI=1S/C26H25N5OS2/c32-25-24(34-26-27-18-28-31(25)26)23(21-12-7-17-33-21)30-15-13-29(14-16-30)22(19-8-3-1-4-9-19)20-10-5-2-6-11-20/h1-12,17-18,22-23,32H,13-16H2/t23-/m0/s1. The van der Waals surface area contributed by atoms with Crippen molar-refractivity contribution in [2.45, 2.75) is 12.1 Å². The number of benzene rings is 2. The van der Waals surface area contributed by atoms with Crippen LogP contribution in [0.25, 0.3) is 4.96 Å². The highest BCUT2D eigenvalue weighted by Crippen LogP contribution is 2.42. The highest BCUT2D eigenvalue weighted by molar-refractivity contribution is 7.17. The van der Waals surface area contributed by atoms with Crippen molar-refractivity contribution in [3.63, 3.8) is 0 Å². The second-order valence-electron chi connectivity index (χ2n) is 8.46. The summed E-state index contributed by atoms with van der Waals surface area (Å²) in [5, 5.41) is 17.3. The second kappa shape index (κ2) is 9.31. The van der Waals surface area contributed by atoms with E-state index in [9.17, 15) is 5.11 Å². The SMILES string of the molecule is Oc1c([C@H](c2cccs2)N2CCN(C(c3ccccc3)c3ccccc3)CC2)sc2ncnn12. The van der Waals surface area contributed by atoms with Gasteiger partial charge in [0.2, 0.25) is 10.8 Å². The summed E-state index contributed by atoms with van der Waals surface area (Å²) in [6, 6.07) is 26.0. The maximum atomic E-state index is 11.0. The molecule has 5 aromatic rings. The molecule has 0 unspecified atom stereocenters. The van der Waals surface area contributed by atoms with Gasteiger partial charge in [-0.3, -0.25) is 9.80 Å². The molecule has 1 aliphatic heterocycles. The quantitative estimate of drug-likeness (QED) is 0.363. The highest BCUT2D eigenvalue weighted by atomic mass is 32.1. The monoisotopic (exact) mass is 487 g/mol. The zero-order valence-electron chi connectivity index (χ0n) is 18.6. The summed E-state index contributed by atoms with van der Waals surface area (Å²) in [7, 11) is 0. The summed E-state index contributed by atoms with van der Waals surface area (Å²) in [6.07, 6.45) is 1.49. The molecule has 3 aromatic heterocycles. The van der Waals surface area contributed by atoms with Gasteiger partial charge in [0, 0.05) is 31.1 Å². The van der Waals surface area contributed by atoms with Crippen LogP contribution in [0.1, 0.15) is 33.0 Å². The number of thiophene rings is 1. The van der Waals surface area contributed by atoms with Crippen LogP contribution in [-0.4, -0.2) is 55.7 Å². The molecule has 4 heterocycles. The van der Waals surface area contributed by atoms with E-state index in [1.807, 2.05) is 0 Å². The van der Waals surface area contributed by atoms with Gasteiger partial charge in [-0.2, -0.15) is 9.61 Å². The van der Waals surface area contributed by atoms with E-state index in [2.05, 4.69) is 98.1 Å². The molecule has 0 aliphatic carbocycles. The van der Waals surface area contributed by atoms with Crippen LogP contribution in [0.4, 0.5) is 0 Å². The van der Waals surface area contributed by atoms with Crippen molar-refractivity contribution in [3.8, 4) is 5.88 Å². The lowest BCUT2D eigenvalue weighted by molar-refractivity contribution is 0.0908. The van der Waals surface area contributed by atoms with Gasteiger partial charge in [0.05, 0.1) is 17.0 Å². The molecule has 1 aliphatic rings. The summed E-state index contributed by atoms with van der Waals surface area (Å²) in [4.78, 5) is 12.2. The molecule has 8 heteroatoms. The molecule has 1 fully saturated rings. The van der Waals surface area contributed by atoms with Crippen LogP contribution in [0.15, 0.2) is 84.5 Å². The zero-order valence-corrected chi connectivity index (χ0v) is 20.2. The van der Waals surface area contributed by atoms with Gasteiger partial charge in [0.15, 0.2) is 0 Å². The van der Waals surface area contributed by atoms with Crippen LogP contribution in [-0.2, 0) is 0 Å². The fraction of sp³-hybridized carbons (Fsp3) is 0.231. The molecule has 6 nitrogen and oxygen atoms in total. The molecule has 1 N–H and O–H groups in total. The van der Waals surface area contributed by atoms with E-state index in [1.54, 1.807) is 11.3 Å². The lowest BCUT2D eigenvalue weighted by atomic mass is 9.96. The van der Waals surface area contributed by atoms with Gasteiger partial charge in [-0.05, 0) is 22.6 Å². The number of rotatable bonds is 6. The van der Waals surface area contributed by atoms with E-state index in [0.717, 1.165) is 36.0 Å². The van der Waals surface area contributed by atoms with Crippen LogP contribution in [0.3, 0.4) is 0 Å². The summed E-state index contributed by atoms with van der Waals surface area (Å²) < 4.78 is 1.54. The Balaban J connectivity index is 1.29. The fourth-order valence-electron chi connectivity index (χ4n) is 4.93. The largest absolute Gasteiger partial charge is 0.492 e. The highest BCUT2D eigenvalue weighted by Gasteiger charge is 2.34. The van der Waals surface area contributed by atoms with Crippen molar-refractivity contribution in [1.82, 2.24) is 24.4 Å². The van der Waals surface area contributed by atoms with E-state index >= 15 is 0 Å². The van der Waals surface area contributed by atoms with Gasteiger partial charge in [-0.1, -0.05) is 78.1 Å². The minimum absolute atomic E-state index is 0.00236. The summed E-state index contributed by atoms with van der Waals surface area (Å²) >= 11 is 3.25. The van der Waals surface area contributed by atoms with Gasteiger partial charge in [-0.25, -0.2) is 4.98 Å². The predicted octanol–water partition coefficient (Wildman–Crippen LogP) is 5.05. The van der Waals surface area contributed by atoms with Gasteiger partial charge in [0.1, 0.15) is 6.33 Å². The lowest BCUT2D eigenvalue weighted by Gasteiger charge is -2.42. The molecule has 1 atom stereocenters. The Morgan fingerprint density at radius 3 is 1.94 bits per heavy atom. The Hall–Kier alpha value is -3.04. The molecule has 0 saturated carbocycles. The second-order valence-corrected chi connectivity index (χ2v) is 10.4. The first kappa shape index (κ1) is 21.5. The molecule has 6 rings (SSSR count). The van der Waals surface area contributed by atoms with E-state index in [4.69, 9.17) is 0 Å². The van der Waals surface area contributed by atoms with Crippen LogP contribution >= 0.6 is 22.7 Å². The minimum atomic E-state index is 0.00236. The average Bonchev–Trinajstić information content (AvgIpc) is 3.63. The first-order valence-corrected chi connectivity index (χ1v) is 13.1. The molecule has 0 radical (unpaired) electrons. The van der Waals surface area contributed by atoms with Crippen molar-refractivity contribution in [2.75, 3.05) is 26.2 Å². The van der Waals surface area contributed by atoms with Crippen LogP contribution in [0.2, 0.25) is 0 Å². The van der Waals surface area contributed by atoms with Crippen molar-refractivity contribution >= 4 is 27.6 Å². The number of hydrogen-bond donors (Lipinski definition) is 1. The number of nitrogens with zero attached hydrogens (tertiary/aromatic N) is 5. The van der Waals surface area contributed by atoms with E-state index in [-0.39, 0.29) is 18.0 Å². The topological polar surface area (TPSA) is 56.9 Å². The molecule has 172 valence electrons. The number of thiazole rings is 1. The number of fused-ring (bicyclic) bond motifs is 1. The minimum Gasteiger partial charge on any atom is -0.492 e. The summed E-state index contributed by atoms with van der Waals surface area (Å²) in [6.45, 7) is 3.70. The van der Waals surface area contributed by atoms with Gasteiger partial charge < -0.3 is 5.11 Å². The summed E-state index contributed by atoms with van der Waals surface area (Å²) in [5.41, 5.74) is 2.64. The molecular weight excluding hydrogens is 462 g/mol. The van der Waals surface area contributed by atoms with Crippen LogP contribution in [0.5, 0.6) is 5.88 Å². The Morgan fingerprint density at radius 2 is 1.38 bits per heavy atom. The van der Waals surface area contributed by atoms with E-state index in [1.165, 1.54) is 38.2 Å². The number of piperazine rings is 1. The molecule has 0 bridgehead atoms. The van der Waals surface area contributed by atoms with Crippen molar-refractivity contribution in [1.29, 1.82) is 0 Å². The van der Waals surface area contributed by atoms with Crippen LogP contribution < -0.4 is 0 Å². The first-order valence-electron chi connectivity index (χ1n) is 11.4. The molecule has 1 saturated heterocycles. The third-order valence-electron chi connectivity index (χ3n) is 6.51. The Labute approximate surface area is 206 Å². The van der Waals surface area contributed by atoms with Gasteiger partial charge in [0.25, 0.3) is 0 Å². The van der Waals surface area contributed by atoms with Crippen molar-refractivity contribution in [3.05, 3.63) is 105 Å². The zero-order chi connectivity index (χ0) is 22.9. The maximum absolute atomic E-state index is 11.0. The molecule has 2 aromatic carbocycles. The Bertz CT molecular complexity index is 1300. The third kappa shape index (κ3) is 3.92. The van der Waals surface area contributed by atoms with Crippen molar-refractivity contribution in [2.24, 2.45) is 0 Å². The fourth-order valence-corrected chi connectivity index (χ4v) is 6.96. The lowest BCUT2D eigenvalue weighted by Crippen LogP contribution is -2.48. The predicted molar refractivity (Wildman–Crippen MR) is 137 cm³/mol. The number of hydrogen-bond acceptors (Lipinski definition) is 7. The molecular formula is C26H25N5OS2. The Morgan fingerprint density at radius 1 is 0.765 bits per heavy atom.